The Morgan fingerprint density at radius 3 is 2.39 bits per heavy atom. The molecule has 0 radical (unpaired) electrons. The predicted octanol–water partition coefficient (Wildman–Crippen LogP) is 1.98. The number of rotatable bonds is 5. The number of hydrogen-bond donors (Lipinski definition) is 3. The van der Waals surface area contributed by atoms with Crippen molar-refractivity contribution in [2.24, 2.45) is 0 Å². The van der Waals surface area contributed by atoms with E-state index < -0.39 is 0 Å². The molecule has 1 aromatic carbocycles. The van der Waals surface area contributed by atoms with Crippen molar-refractivity contribution < 1.29 is 14.6 Å². The van der Waals surface area contributed by atoms with E-state index in [1.807, 2.05) is 13.8 Å². The van der Waals surface area contributed by atoms with Gasteiger partial charge in [-0.15, -0.1) is 0 Å². The first kappa shape index (κ1) is 14.3. The van der Waals surface area contributed by atoms with E-state index in [1.54, 1.807) is 31.2 Å². The standard InChI is InChI=1S/C13H20N2O3/c1-9(2)18-12-6-4-11(5-7-12)15-13(17)14-10(3)8-16/h4-7,9-10,16H,8H2,1-3H3,(H2,14,15,17)/t10-/m0/s1. The van der Waals surface area contributed by atoms with Crippen molar-refractivity contribution >= 4 is 11.7 Å². The van der Waals surface area contributed by atoms with Gasteiger partial charge in [0.25, 0.3) is 0 Å². The number of carbonyl (C=O) groups is 1. The fourth-order valence-corrected chi connectivity index (χ4v) is 1.33. The number of aliphatic hydroxyl groups excluding tert-OH is 1. The second-order valence-corrected chi connectivity index (χ2v) is 4.37. The van der Waals surface area contributed by atoms with Crippen LogP contribution in [0.1, 0.15) is 20.8 Å². The Morgan fingerprint density at radius 2 is 1.89 bits per heavy atom. The van der Waals surface area contributed by atoms with Gasteiger partial charge in [-0.1, -0.05) is 0 Å². The third kappa shape index (κ3) is 5.05. The van der Waals surface area contributed by atoms with Crippen LogP contribution >= 0.6 is 0 Å². The van der Waals surface area contributed by atoms with Gasteiger partial charge in [0.15, 0.2) is 0 Å². The Morgan fingerprint density at radius 1 is 1.28 bits per heavy atom. The van der Waals surface area contributed by atoms with Gasteiger partial charge >= 0.3 is 6.03 Å². The Hall–Kier alpha value is -1.75. The Balaban J connectivity index is 2.50. The lowest BCUT2D eigenvalue weighted by molar-refractivity contribution is 0.229. The van der Waals surface area contributed by atoms with Gasteiger partial charge in [0.1, 0.15) is 5.75 Å². The summed E-state index contributed by atoms with van der Waals surface area (Å²) in [6.07, 6.45) is 0.123. The molecule has 0 aliphatic rings. The molecule has 18 heavy (non-hydrogen) atoms. The van der Waals surface area contributed by atoms with Crippen molar-refractivity contribution in [3.05, 3.63) is 24.3 Å². The van der Waals surface area contributed by atoms with Crippen molar-refractivity contribution in [1.29, 1.82) is 0 Å². The van der Waals surface area contributed by atoms with E-state index in [4.69, 9.17) is 9.84 Å². The molecular weight excluding hydrogens is 232 g/mol. The van der Waals surface area contributed by atoms with Crippen molar-refractivity contribution in [3.63, 3.8) is 0 Å². The van der Waals surface area contributed by atoms with Crippen molar-refractivity contribution in [1.82, 2.24) is 5.32 Å². The van der Waals surface area contributed by atoms with Crippen molar-refractivity contribution in [3.8, 4) is 5.75 Å². The van der Waals surface area contributed by atoms with Gasteiger partial charge in [0.05, 0.1) is 18.8 Å². The number of hydrogen-bond acceptors (Lipinski definition) is 3. The maximum absolute atomic E-state index is 11.5. The number of amides is 2. The summed E-state index contributed by atoms with van der Waals surface area (Å²) in [6, 6.07) is 6.51. The normalized spacial score (nSPS) is 12.1. The second-order valence-electron chi connectivity index (χ2n) is 4.37. The summed E-state index contributed by atoms with van der Waals surface area (Å²) in [5.74, 6) is 0.764. The molecule has 0 aromatic heterocycles. The zero-order valence-electron chi connectivity index (χ0n) is 10.9. The summed E-state index contributed by atoms with van der Waals surface area (Å²) >= 11 is 0. The fourth-order valence-electron chi connectivity index (χ4n) is 1.33. The van der Waals surface area contributed by atoms with Crippen LogP contribution in [0.25, 0.3) is 0 Å². The van der Waals surface area contributed by atoms with Gasteiger partial charge in [-0.2, -0.15) is 0 Å². The number of aliphatic hydroxyl groups is 1. The molecule has 0 heterocycles. The molecule has 0 fully saturated rings. The summed E-state index contributed by atoms with van der Waals surface area (Å²) in [7, 11) is 0. The van der Waals surface area contributed by atoms with E-state index in [1.165, 1.54) is 0 Å². The van der Waals surface area contributed by atoms with Crippen molar-refractivity contribution in [2.75, 3.05) is 11.9 Å². The summed E-state index contributed by atoms with van der Waals surface area (Å²) in [6.45, 7) is 5.54. The minimum Gasteiger partial charge on any atom is -0.491 e. The van der Waals surface area contributed by atoms with E-state index >= 15 is 0 Å². The number of nitrogens with one attached hydrogen (secondary N) is 2. The first-order valence-corrected chi connectivity index (χ1v) is 5.96. The largest absolute Gasteiger partial charge is 0.491 e. The lowest BCUT2D eigenvalue weighted by Crippen LogP contribution is -2.38. The zero-order chi connectivity index (χ0) is 13.5. The minimum atomic E-state index is -0.339. The lowest BCUT2D eigenvalue weighted by Gasteiger charge is -2.13. The van der Waals surface area contributed by atoms with Gasteiger partial charge < -0.3 is 20.5 Å². The molecule has 0 spiro atoms. The first-order valence-electron chi connectivity index (χ1n) is 5.96. The highest BCUT2D eigenvalue weighted by Gasteiger charge is 2.06. The summed E-state index contributed by atoms with van der Waals surface area (Å²) in [5.41, 5.74) is 0.675. The number of ether oxygens (including phenoxy) is 1. The average molecular weight is 252 g/mol. The van der Waals surface area contributed by atoms with Crippen LogP contribution in [0.4, 0.5) is 10.5 Å². The molecule has 3 N–H and O–H groups in total. The monoisotopic (exact) mass is 252 g/mol. The van der Waals surface area contributed by atoms with Crippen LogP contribution in [-0.2, 0) is 0 Å². The predicted molar refractivity (Wildman–Crippen MR) is 70.9 cm³/mol. The van der Waals surface area contributed by atoms with E-state index in [0.29, 0.717) is 5.69 Å². The van der Waals surface area contributed by atoms with Crippen LogP contribution in [0.2, 0.25) is 0 Å². The zero-order valence-corrected chi connectivity index (χ0v) is 10.9. The quantitative estimate of drug-likeness (QED) is 0.750. The molecule has 1 rings (SSSR count). The molecule has 0 saturated heterocycles. The van der Waals surface area contributed by atoms with E-state index in [-0.39, 0.29) is 24.8 Å². The van der Waals surface area contributed by atoms with E-state index in [9.17, 15) is 4.79 Å². The first-order chi connectivity index (χ1) is 8.51. The molecule has 2 amide bonds. The van der Waals surface area contributed by atoms with Gasteiger partial charge in [0.2, 0.25) is 0 Å². The molecule has 0 aliphatic heterocycles. The van der Waals surface area contributed by atoms with Crippen LogP contribution in [0.3, 0.4) is 0 Å². The fraction of sp³-hybridized carbons (Fsp3) is 0.462. The number of benzene rings is 1. The second kappa shape index (κ2) is 6.86. The van der Waals surface area contributed by atoms with Gasteiger partial charge in [0, 0.05) is 5.69 Å². The smallest absolute Gasteiger partial charge is 0.319 e. The third-order valence-corrected chi connectivity index (χ3v) is 2.14. The van der Waals surface area contributed by atoms with Crippen LogP contribution in [0, 0.1) is 0 Å². The summed E-state index contributed by atoms with van der Waals surface area (Å²) < 4.78 is 5.49. The number of anilines is 1. The molecule has 0 saturated carbocycles. The molecule has 5 nitrogen and oxygen atoms in total. The average Bonchev–Trinajstić information content (AvgIpc) is 2.30. The Kier molecular flexibility index (Phi) is 5.45. The maximum Gasteiger partial charge on any atom is 0.319 e. The molecular formula is C13H20N2O3. The topological polar surface area (TPSA) is 70.6 Å². The molecule has 0 unspecified atom stereocenters. The minimum absolute atomic E-state index is 0.0887. The summed E-state index contributed by atoms with van der Waals surface area (Å²) in [4.78, 5) is 11.5. The highest BCUT2D eigenvalue weighted by molar-refractivity contribution is 5.89. The van der Waals surface area contributed by atoms with Crippen molar-refractivity contribution in [2.45, 2.75) is 32.9 Å². The number of urea groups is 1. The molecule has 0 aliphatic carbocycles. The molecule has 1 aromatic rings. The van der Waals surface area contributed by atoms with Gasteiger partial charge in [-0.05, 0) is 45.0 Å². The molecule has 5 heteroatoms. The molecule has 0 bridgehead atoms. The summed E-state index contributed by atoms with van der Waals surface area (Å²) in [5, 5.41) is 14.1. The Labute approximate surface area is 107 Å². The van der Waals surface area contributed by atoms with E-state index in [2.05, 4.69) is 10.6 Å². The SMILES string of the molecule is CC(C)Oc1ccc(NC(=O)N[C@@H](C)CO)cc1. The van der Waals surface area contributed by atoms with Gasteiger partial charge in [-0.3, -0.25) is 0 Å². The maximum atomic E-state index is 11.5. The lowest BCUT2D eigenvalue weighted by atomic mass is 10.3. The Bertz CT molecular complexity index is 376. The van der Waals surface area contributed by atoms with Crippen LogP contribution in [0.15, 0.2) is 24.3 Å². The van der Waals surface area contributed by atoms with E-state index in [0.717, 1.165) is 5.75 Å². The molecule has 1 atom stereocenters. The number of carbonyl (C=O) groups excluding carboxylic acids is 1. The van der Waals surface area contributed by atoms with Gasteiger partial charge in [-0.25, -0.2) is 4.79 Å². The van der Waals surface area contributed by atoms with Crippen LogP contribution < -0.4 is 15.4 Å². The van der Waals surface area contributed by atoms with Crippen LogP contribution in [0.5, 0.6) is 5.75 Å². The third-order valence-electron chi connectivity index (χ3n) is 2.14. The highest BCUT2D eigenvalue weighted by atomic mass is 16.5. The van der Waals surface area contributed by atoms with Crippen LogP contribution in [-0.4, -0.2) is 29.9 Å². The highest BCUT2D eigenvalue weighted by Crippen LogP contribution is 2.16. The molecule has 100 valence electrons.